The summed E-state index contributed by atoms with van der Waals surface area (Å²) in [7, 11) is -3.87. The molecule has 2 aromatic carbocycles. The molecule has 0 fully saturated rings. The summed E-state index contributed by atoms with van der Waals surface area (Å²) in [5, 5.41) is 13.6. The Morgan fingerprint density at radius 3 is 2.68 bits per heavy atom. The molecule has 0 spiro atoms. The maximum Gasteiger partial charge on any atom is 0.242 e. The summed E-state index contributed by atoms with van der Waals surface area (Å²) in [5.41, 5.74) is 1.30. The maximum atomic E-state index is 12.5. The van der Waals surface area contributed by atoms with Crippen LogP contribution in [0.15, 0.2) is 46.7 Å². The van der Waals surface area contributed by atoms with Gasteiger partial charge >= 0.3 is 0 Å². The number of hydrogen-bond donors (Lipinski definition) is 2. The second-order valence-electron chi connectivity index (χ2n) is 5.59. The van der Waals surface area contributed by atoms with Gasteiger partial charge in [-0.25, -0.2) is 13.1 Å². The summed E-state index contributed by atoms with van der Waals surface area (Å²) in [6.07, 6.45) is -0.960. The van der Waals surface area contributed by atoms with Crippen molar-refractivity contribution in [2.75, 3.05) is 6.54 Å². The molecule has 0 bridgehead atoms. The van der Waals surface area contributed by atoms with Gasteiger partial charge in [0.25, 0.3) is 0 Å². The van der Waals surface area contributed by atoms with E-state index in [0.717, 1.165) is 10.1 Å². The van der Waals surface area contributed by atoms with Crippen LogP contribution in [0.5, 0.6) is 0 Å². The number of thiophene rings is 1. The molecule has 0 saturated carbocycles. The fraction of sp³-hybridized carbons (Fsp3) is 0.176. The van der Waals surface area contributed by atoms with Crippen molar-refractivity contribution in [1.82, 2.24) is 4.72 Å². The lowest BCUT2D eigenvalue weighted by molar-refractivity contribution is 0.184. The van der Waals surface area contributed by atoms with Crippen molar-refractivity contribution in [2.45, 2.75) is 17.9 Å². The second kappa shape index (κ2) is 7.23. The molecule has 1 unspecified atom stereocenters. The standard InChI is InChI=1S/C17H15Cl2NO3S2/c1-10-6-17(14(19)7-13(10)18)25(22,23)20-8-15(21)12-9-24-16-5-3-2-4-11(12)16/h2-7,9,15,20-21H,8H2,1H3. The van der Waals surface area contributed by atoms with E-state index in [1.54, 1.807) is 6.92 Å². The highest BCUT2D eigenvalue weighted by Crippen LogP contribution is 2.31. The lowest BCUT2D eigenvalue weighted by Gasteiger charge is -2.13. The van der Waals surface area contributed by atoms with Crippen molar-refractivity contribution in [3.05, 3.63) is 63.0 Å². The van der Waals surface area contributed by atoms with Crippen LogP contribution in [0.3, 0.4) is 0 Å². The predicted molar refractivity (Wildman–Crippen MR) is 103 cm³/mol. The third-order valence-corrected chi connectivity index (χ3v) is 7.12. The van der Waals surface area contributed by atoms with Crippen molar-refractivity contribution in [1.29, 1.82) is 0 Å². The summed E-state index contributed by atoms with van der Waals surface area (Å²) in [6.45, 7) is 1.55. The Hall–Kier alpha value is -1.15. The largest absolute Gasteiger partial charge is 0.387 e. The Balaban J connectivity index is 1.81. The molecule has 0 saturated heterocycles. The van der Waals surface area contributed by atoms with Crippen LogP contribution >= 0.6 is 34.5 Å². The lowest BCUT2D eigenvalue weighted by atomic mass is 10.1. The Bertz CT molecular complexity index is 1030. The molecule has 4 nitrogen and oxygen atoms in total. The predicted octanol–water partition coefficient (Wildman–Crippen LogP) is 4.53. The number of aliphatic hydroxyl groups is 1. The van der Waals surface area contributed by atoms with Crippen LogP contribution in [0, 0.1) is 6.92 Å². The number of rotatable bonds is 5. The molecule has 25 heavy (non-hydrogen) atoms. The van der Waals surface area contributed by atoms with Crippen LogP contribution in [0.4, 0.5) is 0 Å². The third kappa shape index (κ3) is 3.84. The van der Waals surface area contributed by atoms with E-state index >= 15 is 0 Å². The van der Waals surface area contributed by atoms with Crippen LogP contribution in [0.1, 0.15) is 17.2 Å². The van der Waals surface area contributed by atoms with Crippen LogP contribution in [0.2, 0.25) is 10.0 Å². The zero-order chi connectivity index (χ0) is 18.2. The molecule has 0 aliphatic heterocycles. The minimum atomic E-state index is -3.87. The number of sulfonamides is 1. The van der Waals surface area contributed by atoms with Crippen LogP contribution < -0.4 is 4.72 Å². The quantitative estimate of drug-likeness (QED) is 0.642. The average molecular weight is 416 g/mol. The van der Waals surface area contributed by atoms with E-state index < -0.39 is 16.1 Å². The SMILES string of the molecule is Cc1cc(S(=O)(=O)NCC(O)c2csc3ccccc23)c(Cl)cc1Cl. The summed E-state index contributed by atoms with van der Waals surface area (Å²) in [6, 6.07) is 10.5. The average Bonchev–Trinajstić information content (AvgIpc) is 3.00. The van der Waals surface area contributed by atoms with Gasteiger partial charge in [0.15, 0.2) is 0 Å². The minimum absolute atomic E-state index is 0.0403. The van der Waals surface area contributed by atoms with E-state index in [1.165, 1.54) is 23.5 Å². The van der Waals surface area contributed by atoms with E-state index in [1.807, 2.05) is 29.6 Å². The normalized spacial score (nSPS) is 13.3. The highest BCUT2D eigenvalue weighted by Gasteiger charge is 2.22. The Labute approximate surface area is 160 Å². The first kappa shape index (κ1) is 18.6. The van der Waals surface area contributed by atoms with Gasteiger partial charge in [-0.3, -0.25) is 0 Å². The highest BCUT2D eigenvalue weighted by molar-refractivity contribution is 7.89. The number of halogens is 2. The smallest absolute Gasteiger partial charge is 0.242 e. The molecular weight excluding hydrogens is 401 g/mol. The molecule has 3 rings (SSSR count). The van der Waals surface area contributed by atoms with Gasteiger partial charge in [0.1, 0.15) is 4.90 Å². The number of hydrogen-bond acceptors (Lipinski definition) is 4. The number of benzene rings is 2. The molecule has 1 aromatic heterocycles. The van der Waals surface area contributed by atoms with Crippen molar-refractivity contribution in [2.24, 2.45) is 0 Å². The van der Waals surface area contributed by atoms with Gasteiger partial charge in [-0.1, -0.05) is 41.4 Å². The molecule has 0 radical (unpaired) electrons. The number of aryl methyl sites for hydroxylation is 1. The van der Waals surface area contributed by atoms with Gasteiger partial charge < -0.3 is 5.11 Å². The first-order valence-corrected chi connectivity index (χ1v) is 10.5. The fourth-order valence-corrected chi connectivity index (χ4v) is 5.35. The molecule has 3 aromatic rings. The van der Waals surface area contributed by atoms with Crippen LogP contribution in [0.25, 0.3) is 10.1 Å². The fourth-order valence-electron chi connectivity index (χ4n) is 2.47. The molecule has 0 amide bonds. The van der Waals surface area contributed by atoms with Gasteiger partial charge in [-0.2, -0.15) is 0 Å². The molecule has 0 aliphatic carbocycles. The number of fused-ring (bicyclic) bond motifs is 1. The topological polar surface area (TPSA) is 66.4 Å². The monoisotopic (exact) mass is 415 g/mol. The zero-order valence-electron chi connectivity index (χ0n) is 13.2. The van der Waals surface area contributed by atoms with Crippen molar-refractivity contribution < 1.29 is 13.5 Å². The molecule has 132 valence electrons. The van der Waals surface area contributed by atoms with E-state index in [2.05, 4.69) is 4.72 Å². The third-order valence-electron chi connectivity index (χ3n) is 3.84. The van der Waals surface area contributed by atoms with Crippen molar-refractivity contribution in [3.63, 3.8) is 0 Å². The highest BCUT2D eigenvalue weighted by atomic mass is 35.5. The summed E-state index contributed by atoms with van der Waals surface area (Å²) < 4.78 is 28.5. The lowest BCUT2D eigenvalue weighted by Crippen LogP contribution is -2.28. The van der Waals surface area contributed by atoms with E-state index in [4.69, 9.17) is 23.2 Å². The summed E-state index contributed by atoms with van der Waals surface area (Å²) >= 11 is 13.5. The molecular formula is C17H15Cl2NO3S2. The molecule has 1 heterocycles. The first-order chi connectivity index (χ1) is 11.8. The van der Waals surface area contributed by atoms with E-state index in [-0.39, 0.29) is 16.5 Å². The molecule has 2 N–H and O–H groups in total. The van der Waals surface area contributed by atoms with Gasteiger partial charge in [0, 0.05) is 21.8 Å². The summed E-state index contributed by atoms with van der Waals surface area (Å²) in [5.74, 6) is 0. The van der Waals surface area contributed by atoms with Crippen molar-refractivity contribution >= 4 is 54.6 Å². The van der Waals surface area contributed by atoms with Crippen molar-refractivity contribution in [3.8, 4) is 0 Å². The number of aliphatic hydroxyl groups excluding tert-OH is 1. The van der Waals surface area contributed by atoms with Gasteiger partial charge in [-0.15, -0.1) is 11.3 Å². The van der Waals surface area contributed by atoms with Gasteiger partial charge in [0.2, 0.25) is 10.0 Å². The summed E-state index contributed by atoms with van der Waals surface area (Å²) in [4.78, 5) is -0.0570. The van der Waals surface area contributed by atoms with Crippen LogP contribution in [-0.4, -0.2) is 20.1 Å². The number of nitrogens with one attached hydrogen (secondary N) is 1. The zero-order valence-corrected chi connectivity index (χ0v) is 16.3. The van der Waals surface area contributed by atoms with Gasteiger partial charge in [-0.05, 0) is 41.5 Å². The maximum absolute atomic E-state index is 12.5. The van der Waals surface area contributed by atoms with Crippen LogP contribution in [-0.2, 0) is 10.0 Å². The van der Waals surface area contributed by atoms with E-state index in [9.17, 15) is 13.5 Å². The molecule has 1 atom stereocenters. The van der Waals surface area contributed by atoms with E-state index in [0.29, 0.717) is 16.1 Å². The van der Waals surface area contributed by atoms with Gasteiger partial charge in [0.05, 0.1) is 11.1 Å². The second-order valence-corrected chi connectivity index (χ2v) is 9.05. The minimum Gasteiger partial charge on any atom is -0.387 e. The first-order valence-electron chi connectivity index (χ1n) is 7.39. The Kier molecular flexibility index (Phi) is 5.39. The molecule has 8 heteroatoms. The molecule has 0 aliphatic rings. The Morgan fingerprint density at radius 1 is 1.20 bits per heavy atom. The Morgan fingerprint density at radius 2 is 1.92 bits per heavy atom.